The molecule has 5 nitrogen and oxygen atoms in total. The minimum Gasteiger partial charge on any atom is -0.399 e. The molecule has 0 atom stereocenters. The van der Waals surface area contributed by atoms with Crippen LogP contribution in [0.4, 0.5) is 0 Å². The zero-order chi connectivity index (χ0) is 16.1. The first-order chi connectivity index (χ1) is 10.2. The molecule has 0 bridgehead atoms. The van der Waals surface area contributed by atoms with Gasteiger partial charge < -0.3 is 9.31 Å². The van der Waals surface area contributed by atoms with Gasteiger partial charge in [0.2, 0.25) is 0 Å². The van der Waals surface area contributed by atoms with Crippen molar-refractivity contribution >= 4 is 12.6 Å². The van der Waals surface area contributed by atoms with E-state index in [1.165, 1.54) is 0 Å². The Morgan fingerprint density at radius 3 is 1.95 bits per heavy atom. The van der Waals surface area contributed by atoms with Crippen LogP contribution >= 0.6 is 0 Å². The second-order valence-electron chi connectivity index (χ2n) is 6.80. The van der Waals surface area contributed by atoms with E-state index in [2.05, 4.69) is 37.8 Å². The standard InChI is InChI=1S/C16H22BN3O2/c1-11-18-12(2)20(19-11)14-9-7-13(8-10-14)17-21-15(3,4)16(5,6)22-17/h7-10H,1-6H3. The Balaban J connectivity index is 1.85. The first-order valence-corrected chi connectivity index (χ1v) is 7.56. The predicted octanol–water partition coefficient (Wildman–Crippen LogP) is 2.18. The zero-order valence-electron chi connectivity index (χ0n) is 14.0. The number of benzene rings is 1. The third-order valence-corrected chi connectivity index (χ3v) is 4.54. The van der Waals surface area contributed by atoms with E-state index in [-0.39, 0.29) is 18.3 Å². The molecule has 0 radical (unpaired) electrons. The second kappa shape index (κ2) is 4.93. The second-order valence-corrected chi connectivity index (χ2v) is 6.80. The van der Waals surface area contributed by atoms with E-state index in [0.29, 0.717) is 0 Å². The van der Waals surface area contributed by atoms with Crippen LogP contribution in [0.15, 0.2) is 24.3 Å². The van der Waals surface area contributed by atoms with Crippen LogP contribution in [0.5, 0.6) is 0 Å². The monoisotopic (exact) mass is 299 g/mol. The number of nitrogens with zero attached hydrogens (tertiary/aromatic N) is 3. The molecule has 0 unspecified atom stereocenters. The molecule has 0 amide bonds. The van der Waals surface area contributed by atoms with E-state index in [0.717, 1.165) is 22.8 Å². The van der Waals surface area contributed by atoms with Crippen LogP contribution in [0.2, 0.25) is 0 Å². The lowest BCUT2D eigenvalue weighted by molar-refractivity contribution is 0.00578. The summed E-state index contributed by atoms with van der Waals surface area (Å²) in [5, 5.41) is 4.40. The van der Waals surface area contributed by atoms with Crippen molar-refractivity contribution in [3.63, 3.8) is 0 Å². The lowest BCUT2D eigenvalue weighted by Gasteiger charge is -2.32. The van der Waals surface area contributed by atoms with Crippen LogP contribution in [0.1, 0.15) is 39.3 Å². The fourth-order valence-electron chi connectivity index (χ4n) is 2.52. The summed E-state index contributed by atoms with van der Waals surface area (Å²) in [5.41, 5.74) is 1.35. The normalized spacial score (nSPS) is 19.6. The molecule has 1 aliphatic rings. The predicted molar refractivity (Wildman–Crippen MR) is 86.5 cm³/mol. The fourth-order valence-corrected chi connectivity index (χ4v) is 2.52. The van der Waals surface area contributed by atoms with E-state index < -0.39 is 0 Å². The first kappa shape index (κ1) is 15.2. The van der Waals surface area contributed by atoms with E-state index in [1.807, 2.05) is 42.8 Å². The number of rotatable bonds is 2. The van der Waals surface area contributed by atoms with Gasteiger partial charge in [0.1, 0.15) is 11.6 Å². The molecular weight excluding hydrogens is 277 g/mol. The average molecular weight is 299 g/mol. The Hall–Kier alpha value is -1.66. The summed E-state index contributed by atoms with van der Waals surface area (Å²) in [4.78, 5) is 4.33. The highest BCUT2D eigenvalue weighted by molar-refractivity contribution is 6.62. The molecule has 1 aromatic heterocycles. The largest absolute Gasteiger partial charge is 0.494 e. The SMILES string of the molecule is Cc1nc(C)n(-c2ccc(B3OC(C)(C)C(C)(C)O3)cc2)n1. The maximum atomic E-state index is 6.07. The van der Waals surface area contributed by atoms with Crippen molar-refractivity contribution in [1.82, 2.24) is 14.8 Å². The molecular formula is C16H22BN3O2. The van der Waals surface area contributed by atoms with Gasteiger partial charge in [-0.1, -0.05) is 12.1 Å². The summed E-state index contributed by atoms with van der Waals surface area (Å²) in [6.07, 6.45) is 0. The van der Waals surface area contributed by atoms with Gasteiger partial charge in [-0.25, -0.2) is 9.67 Å². The molecule has 2 heterocycles. The van der Waals surface area contributed by atoms with Gasteiger partial charge in [-0.3, -0.25) is 0 Å². The number of aryl methyl sites for hydroxylation is 2. The molecule has 0 saturated carbocycles. The van der Waals surface area contributed by atoms with Crippen molar-refractivity contribution < 1.29 is 9.31 Å². The van der Waals surface area contributed by atoms with Crippen molar-refractivity contribution in [3.05, 3.63) is 35.9 Å². The van der Waals surface area contributed by atoms with E-state index in [9.17, 15) is 0 Å². The van der Waals surface area contributed by atoms with Crippen LogP contribution in [-0.4, -0.2) is 33.1 Å². The van der Waals surface area contributed by atoms with Gasteiger partial charge in [0.05, 0.1) is 16.9 Å². The Kier molecular flexibility index (Phi) is 3.42. The van der Waals surface area contributed by atoms with E-state index >= 15 is 0 Å². The number of hydrogen-bond acceptors (Lipinski definition) is 4. The molecule has 0 N–H and O–H groups in total. The van der Waals surface area contributed by atoms with Crippen molar-refractivity contribution in [2.75, 3.05) is 0 Å². The zero-order valence-corrected chi connectivity index (χ0v) is 14.0. The number of hydrogen-bond donors (Lipinski definition) is 0. The molecule has 1 aliphatic heterocycles. The van der Waals surface area contributed by atoms with Crippen LogP contribution in [0.3, 0.4) is 0 Å². The molecule has 1 fully saturated rings. The Labute approximate surface area is 131 Å². The maximum absolute atomic E-state index is 6.07. The van der Waals surface area contributed by atoms with Crippen molar-refractivity contribution in [3.8, 4) is 5.69 Å². The summed E-state index contributed by atoms with van der Waals surface area (Å²) in [7, 11) is -0.336. The van der Waals surface area contributed by atoms with Crippen LogP contribution < -0.4 is 5.46 Å². The molecule has 0 aliphatic carbocycles. The van der Waals surface area contributed by atoms with Gasteiger partial charge in [0.25, 0.3) is 0 Å². The molecule has 1 aromatic carbocycles. The van der Waals surface area contributed by atoms with E-state index in [1.54, 1.807) is 0 Å². The highest BCUT2D eigenvalue weighted by Gasteiger charge is 2.51. The highest BCUT2D eigenvalue weighted by atomic mass is 16.7. The smallest absolute Gasteiger partial charge is 0.399 e. The lowest BCUT2D eigenvalue weighted by Crippen LogP contribution is -2.41. The third-order valence-electron chi connectivity index (χ3n) is 4.54. The van der Waals surface area contributed by atoms with E-state index in [4.69, 9.17) is 9.31 Å². The summed E-state index contributed by atoms with van der Waals surface area (Å²) in [6.45, 7) is 12.1. The Morgan fingerprint density at radius 1 is 0.955 bits per heavy atom. The van der Waals surface area contributed by atoms with Crippen LogP contribution in [-0.2, 0) is 9.31 Å². The molecule has 1 saturated heterocycles. The van der Waals surface area contributed by atoms with Gasteiger partial charge in [-0.2, -0.15) is 5.10 Å². The minimum absolute atomic E-state index is 0.323. The Bertz CT molecular complexity index is 676. The first-order valence-electron chi connectivity index (χ1n) is 7.56. The molecule has 3 rings (SSSR count). The van der Waals surface area contributed by atoms with Crippen molar-refractivity contribution in [2.45, 2.75) is 52.7 Å². The van der Waals surface area contributed by atoms with Gasteiger partial charge in [-0.05, 0) is 59.1 Å². The summed E-state index contributed by atoms with van der Waals surface area (Å²) in [5.74, 6) is 1.65. The lowest BCUT2D eigenvalue weighted by atomic mass is 9.79. The topological polar surface area (TPSA) is 49.2 Å². The highest BCUT2D eigenvalue weighted by Crippen LogP contribution is 2.36. The summed E-state index contributed by atoms with van der Waals surface area (Å²) < 4.78 is 14.0. The minimum atomic E-state index is -0.336. The van der Waals surface area contributed by atoms with Gasteiger partial charge in [-0.15, -0.1) is 0 Å². The van der Waals surface area contributed by atoms with Crippen molar-refractivity contribution in [1.29, 1.82) is 0 Å². The molecule has 116 valence electrons. The fraction of sp³-hybridized carbons (Fsp3) is 0.500. The molecule has 0 spiro atoms. The Morgan fingerprint density at radius 2 is 1.50 bits per heavy atom. The quantitative estimate of drug-likeness (QED) is 0.798. The van der Waals surface area contributed by atoms with Gasteiger partial charge in [0, 0.05) is 0 Å². The summed E-state index contributed by atoms with van der Waals surface area (Å²) >= 11 is 0. The van der Waals surface area contributed by atoms with Gasteiger partial charge >= 0.3 is 7.12 Å². The maximum Gasteiger partial charge on any atom is 0.494 e. The molecule has 22 heavy (non-hydrogen) atoms. The molecule has 6 heteroatoms. The van der Waals surface area contributed by atoms with Crippen molar-refractivity contribution in [2.24, 2.45) is 0 Å². The van der Waals surface area contributed by atoms with Crippen LogP contribution in [0, 0.1) is 13.8 Å². The summed E-state index contributed by atoms with van der Waals surface area (Å²) in [6, 6.07) is 8.07. The van der Waals surface area contributed by atoms with Crippen LogP contribution in [0.25, 0.3) is 5.69 Å². The molecule has 2 aromatic rings. The van der Waals surface area contributed by atoms with Gasteiger partial charge in [0.15, 0.2) is 0 Å². The number of aromatic nitrogens is 3. The average Bonchev–Trinajstić information content (AvgIpc) is 2.86. The third kappa shape index (κ3) is 2.46.